The lowest BCUT2D eigenvalue weighted by Crippen LogP contribution is -2.46. The Kier molecular flexibility index (Phi) is 5.60. The Hall–Kier alpha value is -1.76. The maximum Gasteiger partial charge on any atom is 0.237 e. The second kappa shape index (κ2) is 7.88. The molecule has 24 heavy (non-hydrogen) atoms. The van der Waals surface area contributed by atoms with Crippen LogP contribution in [0.3, 0.4) is 0 Å². The van der Waals surface area contributed by atoms with Gasteiger partial charge in [-0.2, -0.15) is 0 Å². The molecule has 2 heterocycles. The number of hydrazine groups is 1. The fourth-order valence-corrected chi connectivity index (χ4v) is 3.24. The molecule has 3 rings (SSSR count). The number of nitrogens with one attached hydrogen (secondary N) is 2. The van der Waals surface area contributed by atoms with Crippen LogP contribution in [-0.2, 0) is 20.9 Å². The number of rotatable bonds is 7. The first-order valence-corrected chi connectivity index (χ1v) is 8.58. The van der Waals surface area contributed by atoms with Crippen LogP contribution < -0.4 is 10.7 Å². The molecular formula is C18H25N3O3. The van der Waals surface area contributed by atoms with E-state index in [2.05, 4.69) is 17.7 Å². The molecule has 2 saturated heterocycles. The number of ketones is 1. The molecule has 3 atom stereocenters. The third-order valence-electron chi connectivity index (χ3n) is 4.64. The summed E-state index contributed by atoms with van der Waals surface area (Å²) in [6.07, 6.45) is 1.18. The average molecular weight is 331 g/mol. The monoisotopic (exact) mass is 331 g/mol. The van der Waals surface area contributed by atoms with E-state index < -0.39 is 0 Å². The van der Waals surface area contributed by atoms with Gasteiger partial charge in [-0.05, 0) is 17.9 Å². The smallest absolute Gasteiger partial charge is 0.237 e. The maximum absolute atomic E-state index is 12.4. The molecule has 0 aromatic heterocycles. The van der Waals surface area contributed by atoms with Gasteiger partial charge in [-0.1, -0.05) is 37.3 Å². The van der Waals surface area contributed by atoms with Gasteiger partial charge in [0.1, 0.15) is 6.04 Å². The van der Waals surface area contributed by atoms with Gasteiger partial charge in [0.25, 0.3) is 0 Å². The second-order valence-electron chi connectivity index (χ2n) is 6.67. The van der Waals surface area contributed by atoms with Gasteiger partial charge in [0.15, 0.2) is 5.78 Å². The molecule has 6 nitrogen and oxygen atoms in total. The van der Waals surface area contributed by atoms with E-state index in [0.717, 1.165) is 12.0 Å². The highest BCUT2D eigenvalue weighted by Gasteiger charge is 2.45. The van der Waals surface area contributed by atoms with Crippen molar-refractivity contribution in [2.75, 3.05) is 19.7 Å². The molecule has 130 valence electrons. The predicted molar refractivity (Wildman–Crippen MR) is 89.9 cm³/mol. The van der Waals surface area contributed by atoms with Crippen LogP contribution in [0, 0.1) is 5.92 Å². The fraction of sp³-hybridized carbons (Fsp3) is 0.556. The lowest BCUT2D eigenvalue weighted by molar-refractivity contribution is -0.139. The summed E-state index contributed by atoms with van der Waals surface area (Å²) < 4.78 is 5.72. The number of carbonyl (C=O) groups excluding carboxylic acids is 2. The summed E-state index contributed by atoms with van der Waals surface area (Å²) in [6, 6.07) is 9.79. The zero-order valence-corrected chi connectivity index (χ0v) is 14.0. The van der Waals surface area contributed by atoms with Crippen LogP contribution >= 0.6 is 0 Å². The Morgan fingerprint density at radius 3 is 2.96 bits per heavy atom. The molecule has 2 fully saturated rings. The van der Waals surface area contributed by atoms with Crippen molar-refractivity contribution >= 4 is 11.7 Å². The van der Waals surface area contributed by atoms with E-state index in [1.165, 1.54) is 5.01 Å². The molecule has 1 aromatic carbocycles. The zero-order chi connectivity index (χ0) is 16.9. The van der Waals surface area contributed by atoms with Gasteiger partial charge in [-0.25, -0.2) is 5.43 Å². The highest BCUT2D eigenvalue weighted by atomic mass is 16.5. The van der Waals surface area contributed by atoms with E-state index in [-0.39, 0.29) is 23.8 Å². The molecule has 2 N–H and O–H groups in total. The molecule has 0 bridgehead atoms. The molecule has 6 heteroatoms. The number of fused-ring (bicyclic) bond motifs is 1. The quantitative estimate of drug-likeness (QED) is 0.776. The van der Waals surface area contributed by atoms with Crippen molar-refractivity contribution in [3.05, 3.63) is 35.9 Å². The first-order valence-electron chi connectivity index (χ1n) is 8.58. The van der Waals surface area contributed by atoms with E-state index in [9.17, 15) is 9.59 Å². The summed E-state index contributed by atoms with van der Waals surface area (Å²) in [4.78, 5) is 24.2. The van der Waals surface area contributed by atoms with Gasteiger partial charge in [0, 0.05) is 19.6 Å². The summed E-state index contributed by atoms with van der Waals surface area (Å²) in [7, 11) is 0. The summed E-state index contributed by atoms with van der Waals surface area (Å²) in [6.45, 7) is 4.31. The van der Waals surface area contributed by atoms with Gasteiger partial charge >= 0.3 is 0 Å². The molecule has 0 radical (unpaired) electrons. The fourth-order valence-electron chi connectivity index (χ4n) is 3.24. The minimum absolute atomic E-state index is 0.00513. The number of benzene rings is 1. The number of hydrogen-bond acceptors (Lipinski definition) is 5. The minimum Gasteiger partial charge on any atom is -0.376 e. The Balaban J connectivity index is 1.37. The van der Waals surface area contributed by atoms with Crippen LogP contribution in [0.5, 0.6) is 0 Å². The third kappa shape index (κ3) is 4.01. The largest absolute Gasteiger partial charge is 0.376 e. The summed E-state index contributed by atoms with van der Waals surface area (Å²) in [5.74, 6) is 0.389. The molecule has 2 aliphatic rings. The van der Waals surface area contributed by atoms with Crippen LogP contribution in [0.15, 0.2) is 30.3 Å². The number of carbonyl (C=O) groups is 2. The highest BCUT2D eigenvalue weighted by Crippen LogP contribution is 2.18. The number of Topliss-reactive ketones (excluding diaryl/α,β-unsaturated/α-hetero) is 1. The van der Waals surface area contributed by atoms with E-state index in [4.69, 9.17) is 4.74 Å². The van der Waals surface area contributed by atoms with Crippen molar-refractivity contribution in [3.8, 4) is 0 Å². The second-order valence-corrected chi connectivity index (χ2v) is 6.67. The van der Waals surface area contributed by atoms with E-state index in [0.29, 0.717) is 38.6 Å². The first kappa shape index (κ1) is 17.1. The molecule has 0 spiro atoms. The Labute approximate surface area is 142 Å². The van der Waals surface area contributed by atoms with Crippen LogP contribution in [0.25, 0.3) is 0 Å². The number of amides is 1. The Bertz CT molecular complexity index is 578. The van der Waals surface area contributed by atoms with Crippen LogP contribution in [-0.4, -0.2) is 48.5 Å². The highest BCUT2D eigenvalue weighted by molar-refractivity contribution is 5.93. The third-order valence-corrected chi connectivity index (χ3v) is 4.64. The molecule has 1 aromatic rings. The average Bonchev–Trinajstić information content (AvgIpc) is 3.17. The van der Waals surface area contributed by atoms with Crippen molar-refractivity contribution < 1.29 is 14.3 Å². The molecule has 0 saturated carbocycles. The number of hydrogen-bond donors (Lipinski definition) is 2. The first-order chi connectivity index (χ1) is 11.6. The van der Waals surface area contributed by atoms with Gasteiger partial charge in [0.05, 0.1) is 19.2 Å². The van der Waals surface area contributed by atoms with Crippen LogP contribution in [0.4, 0.5) is 0 Å². The molecular weight excluding hydrogens is 306 g/mol. The lowest BCUT2D eigenvalue weighted by Gasteiger charge is -2.22. The Morgan fingerprint density at radius 1 is 1.38 bits per heavy atom. The molecule has 2 aliphatic heterocycles. The van der Waals surface area contributed by atoms with Crippen molar-refractivity contribution in [1.29, 1.82) is 0 Å². The van der Waals surface area contributed by atoms with Gasteiger partial charge in [-0.15, -0.1) is 0 Å². The Morgan fingerprint density at radius 2 is 2.17 bits per heavy atom. The summed E-state index contributed by atoms with van der Waals surface area (Å²) in [5.41, 5.74) is 4.20. The number of nitrogens with zero attached hydrogens (tertiary/aromatic N) is 1. The van der Waals surface area contributed by atoms with Crippen molar-refractivity contribution in [2.24, 2.45) is 5.92 Å². The van der Waals surface area contributed by atoms with Gasteiger partial charge < -0.3 is 10.1 Å². The van der Waals surface area contributed by atoms with Gasteiger partial charge in [-0.3, -0.25) is 14.6 Å². The summed E-state index contributed by atoms with van der Waals surface area (Å²) >= 11 is 0. The predicted octanol–water partition coefficient (Wildman–Crippen LogP) is 0.876. The lowest BCUT2D eigenvalue weighted by atomic mass is 10.1. The molecule has 3 unspecified atom stereocenters. The van der Waals surface area contributed by atoms with E-state index in [1.807, 2.05) is 30.3 Å². The standard InChI is InChI=1S/C18H25N3O3/c1-13(11-24-12-14-5-3-2-4-6-14)7-8-17(23)21-18-15(9-20-21)19-10-16(18)22/h2-6,13,15,18-20H,7-12H2,1H3. The normalized spacial score (nSPS) is 24.2. The zero-order valence-electron chi connectivity index (χ0n) is 14.0. The van der Waals surface area contributed by atoms with Crippen LogP contribution in [0.1, 0.15) is 25.3 Å². The number of ether oxygens (including phenoxy) is 1. The topological polar surface area (TPSA) is 70.7 Å². The van der Waals surface area contributed by atoms with Crippen LogP contribution in [0.2, 0.25) is 0 Å². The van der Waals surface area contributed by atoms with E-state index >= 15 is 0 Å². The van der Waals surface area contributed by atoms with Crippen molar-refractivity contribution in [3.63, 3.8) is 0 Å². The minimum atomic E-state index is -0.331. The van der Waals surface area contributed by atoms with Crippen molar-refractivity contribution in [2.45, 2.75) is 38.5 Å². The summed E-state index contributed by atoms with van der Waals surface area (Å²) in [5, 5.41) is 4.67. The molecule has 0 aliphatic carbocycles. The van der Waals surface area contributed by atoms with Gasteiger partial charge in [0.2, 0.25) is 5.91 Å². The SMILES string of the molecule is CC(CCC(=O)N1NCC2NCC(=O)C21)COCc1ccccc1. The van der Waals surface area contributed by atoms with Crippen molar-refractivity contribution in [1.82, 2.24) is 15.8 Å². The maximum atomic E-state index is 12.4. The molecule has 1 amide bonds. The van der Waals surface area contributed by atoms with E-state index in [1.54, 1.807) is 0 Å².